The number of hydrogen-bond acceptors (Lipinski definition) is 6. The summed E-state index contributed by atoms with van der Waals surface area (Å²) in [5.74, 6) is 1.13. The molecule has 0 aliphatic carbocycles. The fourth-order valence-electron chi connectivity index (χ4n) is 2.27. The normalized spacial score (nSPS) is 11.1. The smallest absolute Gasteiger partial charge is 0.279 e. The maximum atomic E-state index is 12.3. The van der Waals surface area contributed by atoms with Crippen LogP contribution in [0.25, 0.3) is 0 Å². The lowest BCUT2D eigenvalue weighted by molar-refractivity contribution is -0.128. The minimum Gasteiger partial charge on any atom is -0.497 e. The molecule has 1 atom stereocenters. The van der Waals surface area contributed by atoms with E-state index in [1.165, 1.54) is 26.4 Å². The third-order valence-electron chi connectivity index (χ3n) is 3.73. The molecular formula is C20H24N2O6. The Morgan fingerprint density at radius 2 is 1.46 bits per heavy atom. The molecule has 2 aromatic carbocycles. The van der Waals surface area contributed by atoms with Gasteiger partial charge in [0.2, 0.25) is 0 Å². The number of nitrogens with one attached hydrogen (secondary N) is 2. The molecule has 2 aromatic rings. The van der Waals surface area contributed by atoms with E-state index in [0.717, 1.165) is 0 Å². The van der Waals surface area contributed by atoms with E-state index in [0.29, 0.717) is 29.6 Å². The van der Waals surface area contributed by atoms with Crippen LogP contribution in [0.5, 0.6) is 23.0 Å². The minimum atomic E-state index is -0.821. The van der Waals surface area contributed by atoms with E-state index in [9.17, 15) is 9.59 Å². The SMILES string of the molecule is CCOc1ccc(O[C@H](C)C(=O)NNC(=O)c2cc(OC)cc(OC)c2)cc1. The van der Waals surface area contributed by atoms with Crippen molar-refractivity contribution in [1.82, 2.24) is 10.9 Å². The Hall–Kier alpha value is -3.42. The predicted molar refractivity (Wildman–Crippen MR) is 103 cm³/mol. The number of carbonyl (C=O) groups is 2. The van der Waals surface area contributed by atoms with Crippen LogP contribution in [0, 0.1) is 0 Å². The number of hydrogen-bond donors (Lipinski definition) is 2. The van der Waals surface area contributed by atoms with Gasteiger partial charge in [0.1, 0.15) is 23.0 Å². The minimum absolute atomic E-state index is 0.275. The van der Waals surface area contributed by atoms with Crippen molar-refractivity contribution in [2.45, 2.75) is 20.0 Å². The largest absolute Gasteiger partial charge is 0.497 e. The summed E-state index contributed by atoms with van der Waals surface area (Å²) in [6.45, 7) is 4.04. The van der Waals surface area contributed by atoms with Gasteiger partial charge in [-0.2, -0.15) is 0 Å². The Labute approximate surface area is 163 Å². The van der Waals surface area contributed by atoms with Gasteiger partial charge in [-0.3, -0.25) is 20.4 Å². The molecule has 2 rings (SSSR count). The van der Waals surface area contributed by atoms with Gasteiger partial charge in [0, 0.05) is 11.6 Å². The summed E-state index contributed by atoms with van der Waals surface area (Å²) < 4.78 is 21.2. The van der Waals surface area contributed by atoms with Crippen molar-refractivity contribution in [2.75, 3.05) is 20.8 Å². The van der Waals surface area contributed by atoms with Gasteiger partial charge in [0.25, 0.3) is 11.8 Å². The van der Waals surface area contributed by atoms with Gasteiger partial charge < -0.3 is 18.9 Å². The number of benzene rings is 2. The fourth-order valence-corrected chi connectivity index (χ4v) is 2.27. The van der Waals surface area contributed by atoms with E-state index in [-0.39, 0.29) is 5.56 Å². The summed E-state index contributed by atoms with van der Waals surface area (Å²) in [7, 11) is 2.97. The molecule has 0 fully saturated rings. The summed E-state index contributed by atoms with van der Waals surface area (Å²) >= 11 is 0. The van der Waals surface area contributed by atoms with E-state index in [1.54, 1.807) is 37.3 Å². The molecule has 0 unspecified atom stereocenters. The van der Waals surface area contributed by atoms with E-state index in [2.05, 4.69) is 10.9 Å². The highest BCUT2D eigenvalue weighted by atomic mass is 16.5. The van der Waals surface area contributed by atoms with Crippen molar-refractivity contribution in [3.05, 3.63) is 48.0 Å². The maximum absolute atomic E-state index is 12.3. The zero-order chi connectivity index (χ0) is 20.5. The Morgan fingerprint density at radius 3 is 2.00 bits per heavy atom. The van der Waals surface area contributed by atoms with E-state index >= 15 is 0 Å². The number of rotatable bonds is 8. The molecule has 2 N–H and O–H groups in total. The van der Waals surface area contributed by atoms with Crippen molar-refractivity contribution in [3.63, 3.8) is 0 Å². The quantitative estimate of drug-likeness (QED) is 0.674. The van der Waals surface area contributed by atoms with Gasteiger partial charge in [-0.15, -0.1) is 0 Å². The predicted octanol–water partition coefficient (Wildman–Crippen LogP) is 2.33. The highest BCUT2D eigenvalue weighted by Crippen LogP contribution is 2.22. The number of ether oxygens (including phenoxy) is 4. The fraction of sp³-hybridized carbons (Fsp3) is 0.300. The standard InChI is InChI=1S/C20H24N2O6/c1-5-27-15-6-8-16(9-7-15)28-13(2)19(23)21-22-20(24)14-10-17(25-3)12-18(11-14)26-4/h6-13H,5H2,1-4H3,(H,21,23)(H,22,24)/t13-/m1/s1. The first-order valence-corrected chi connectivity index (χ1v) is 8.69. The summed E-state index contributed by atoms with van der Waals surface area (Å²) in [4.78, 5) is 24.4. The van der Waals surface area contributed by atoms with Gasteiger partial charge in [0.15, 0.2) is 6.10 Å². The van der Waals surface area contributed by atoms with Crippen molar-refractivity contribution in [2.24, 2.45) is 0 Å². The lowest BCUT2D eigenvalue weighted by Gasteiger charge is -2.16. The van der Waals surface area contributed by atoms with E-state index in [4.69, 9.17) is 18.9 Å². The van der Waals surface area contributed by atoms with Crippen LogP contribution in [-0.2, 0) is 4.79 Å². The molecule has 0 saturated carbocycles. The first-order valence-electron chi connectivity index (χ1n) is 8.69. The van der Waals surface area contributed by atoms with E-state index < -0.39 is 17.9 Å². The monoisotopic (exact) mass is 388 g/mol. The summed E-state index contributed by atoms with van der Waals surface area (Å²) in [5, 5.41) is 0. The number of hydrazine groups is 1. The molecule has 0 aliphatic heterocycles. The van der Waals surface area contributed by atoms with Gasteiger partial charge in [-0.25, -0.2) is 0 Å². The van der Waals surface area contributed by atoms with Crippen LogP contribution >= 0.6 is 0 Å². The van der Waals surface area contributed by atoms with Crippen molar-refractivity contribution in [3.8, 4) is 23.0 Å². The molecule has 0 aromatic heterocycles. The van der Waals surface area contributed by atoms with Gasteiger partial charge in [-0.1, -0.05) is 0 Å². The molecule has 8 nitrogen and oxygen atoms in total. The average Bonchev–Trinajstić information content (AvgIpc) is 2.72. The molecule has 2 amide bonds. The molecule has 0 heterocycles. The molecular weight excluding hydrogens is 364 g/mol. The van der Waals surface area contributed by atoms with Crippen molar-refractivity contribution < 1.29 is 28.5 Å². The summed E-state index contributed by atoms with van der Waals surface area (Å²) in [6, 6.07) is 11.6. The Bertz CT molecular complexity index is 785. The van der Waals surface area contributed by atoms with Crippen LogP contribution in [0.1, 0.15) is 24.2 Å². The van der Waals surface area contributed by atoms with Gasteiger partial charge in [0.05, 0.1) is 20.8 Å². The van der Waals surface area contributed by atoms with Crippen LogP contribution in [0.4, 0.5) is 0 Å². The first kappa shape index (κ1) is 20.9. The molecule has 0 radical (unpaired) electrons. The summed E-state index contributed by atoms with van der Waals surface area (Å²) in [5.41, 5.74) is 4.96. The van der Waals surface area contributed by atoms with Crippen LogP contribution in [0.3, 0.4) is 0 Å². The van der Waals surface area contributed by atoms with Crippen molar-refractivity contribution >= 4 is 11.8 Å². The average molecular weight is 388 g/mol. The third-order valence-corrected chi connectivity index (χ3v) is 3.73. The van der Waals surface area contributed by atoms with E-state index in [1.807, 2.05) is 6.92 Å². The van der Waals surface area contributed by atoms with Crippen LogP contribution in [-0.4, -0.2) is 38.7 Å². The Balaban J connectivity index is 1.91. The summed E-state index contributed by atoms with van der Waals surface area (Å²) in [6.07, 6.45) is -0.821. The third kappa shape index (κ3) is 5.80. The second kappa shape index (κ2) is 10.1. The molecule has 0 saturated heterocycles. The second-order valence-corrected chi connectivity index (χ2v) is 5.71. The molecule has 0 bridgehead atoms. The molecule has 8 heteroatoms. The highest BCUT2D eigenvalue weighted by molar-refractivity contribution is 5.96. The molecule has 150 valence electrons. The Morgan fingerprint density at radius 1 is 0.893 bits per heavy atom. The topological polar surface area (TPSA) is 95.1 Å². The number of amides is 2. The molecule has 0 spiro atoms. The van der Waals surface area contributed by atoms with Gasteiger partial charge in [-0.05, 0) is 50.2 Å². The van der Waals surface area contributed by atoms with Gasteiger partial charge >= 0.3 is 0 Å². The van der Waals surface area contributed by atoms with Crippen molar-refractivity contribution in [1.29, 1.82) is 0 Å². The lowest BCUT2D eigenvalue weighted by atomic mass is 10.2. The van der Waals surface area contributed by atoms with Crippen LogP contribution in [0.2, 0.25) is 0 Å². The zero-order valence-electron chi connectivity index (χ0n) is 16.3. The number of carbonyl (C=O) groups excluding carboxylic acids is 2. The highest BCUT2D eigenvalue weighted by Gasteiger charge is 2.17. The van der Waals surface area contributed by atoms with Crippen LogP contribution < -0.4 is 29.8 Å². The lowest BCUT2D eigenvalue weighted by Crippen LogP contribution is -2.47. The first-order chi connectivity index (χ1) is 13.5. The maximum Gasteiger partial charge on any atom is 0.279 e. The van der Waals surface area contributed by atoms with Crippen LogP contribution in [0.15, 0.2) is 42.5 Å². The molecule has 0 aliphatic rings. The number of methoxy groups -OCH3 is 2. The second-order valence-electron chi connectivity index (χ2n) is 5.71. The zero-order valence-corrected chi connectivity index (χ0v) is 16.3. The molecule has 28 heavy (non-hydrogen) atoms. The Kier molecular flexibility index (Phi) is 7.50.